The van der Waals surface area contributed by atoms with E-state index in [2.05, 4.69) is 0 Å². The summed E-state index contributed by atoms with van der Waals surface area (Å²) in [7, 11) is 0. The van der Waals surface area contributed by atoms with Crippen LogP contribution < -0.4 is 4.74 Å². The Hall–Kier alpha value is -2.40. The van der Waals surface area contributed by atoms with Gasteiger partial charge in [-0.25, -0.2) is 4.79 Å². The summed E-state index contributed by atoms with van der Waals surface area (Å²) in [6.07, 6.45) is 0. The van der Waals surface area contributed by atoms with Crippen LogP contribution >= 0.6 is 11.6 Å². The Morgan fingerprint density at radius 3 is 2.43 bits per heavy atom. The molecule has 0 saturated carbocycles. The zero-order valence-corrected chi connectivity index (χ0v) is 13.8. The molecule has 6 heteroatoms. The number of esters is 1. The van der Waals surface area contributed by atoms with E-state index in [-0.39, 0.29) is 21.7 Å². The van der Waals surface area contributed by atoms with Gasteiger partial charge in [0.1, 0.15) is 5.75 Å². The topological polar surface area (TPSA) is 69.4 Å². The quantitative estimate of drug-likeness (QED) is 0.351. The molecule has 0 radical (unpaired) electrons. The zero-order valence-electron chi connectivity index (χ0n) is 13.0. The van der Waals surface area contributed by atoms with E-state index in [9.17, 15) is 14.9 Å². The fourth-order valence-electron chi connectivity index (χ4n) is 2.11. The predicted molar refractivity (Wildman–Crippen MR) is 88.2 cm³/mol. The minimum atomic E-state index is -0.726. The van der Waals surface area contributed by atoms with Crippen molar-refractivity contribution in [3.8, 4) is 5.75 Å². The standard InChI is InChI=1S/C17H16ClNO4/c1-17(2,3)13-6-4-5-7-15(13)23-16(20)12-10-11(19(21)22)8-9-14(12)18/h4-10H,1-3H3. The number of nitro benzene ring substituents is 1. The van der Waals surface area contributed by atoms with Gasteiger partial charge in [-0.3, -0.25) is 10.1 Å². The van der Waals surface area contributed by atoms with E-state index in [1.54, 1.807) is 12.1 Å². The maximum Gasteiger partial charge on any atom is 0.345 e. The van der Waals surface area contributed by atoms with Crippen LogP contribution in [0.2, 0.25) is 5.02 Å². The Balaban J connectivity index is 2.38. The van der Waals surface area contributed by atoms with Crippen LogP contribution in [0, 0.1) is 10.1 Å². The summed E-state index contributed by atoms with van der Waals surface area (Å²) in [4.78, 5) is 22.6. The van der Waals surface area contributed by atoms with E-state index in [1.807, 2.05) is 32.9 Å². The van der Waals surface area contributed by atoms with Crippen molar-refractivity contribution in [2.45, 2.75) is 26.2 Å². The van der Waals surface area contributed by atoms with Gasteiger partial charge >= 0.3 is 5.97 Å². The Labute approximate surface area is 139 Å². The molecule has 120 valence electrons. The zero-order chi connectivity index (χ0) is 17.2. The second-order valence-electron chi connectivity index (χ2n) is 6.06. The lowest BCUT2D eigenvalue weighted by Gasteiger charge is -2.22. The van der Waals surface area contributed by atoms with Crippen LogP contribution in [0.1, 0.15) is 36.7 Å². The molecule has 0 saturated heterocycles. The Bertz CT molecular complexity index is 765. The highest BCUT2D eigenvalue weighted by molar-refractivity contribution is 6.33. The van der Waals surface area contributed by atoms with Crippen molar-refractivity contribution in [3.63, 3.8) is 0 Å². The number of rotatable bonds is 3. The summed E-state index contributed by atoms with van der Waals surface area (Å²) < 4.78 is 5.43. The van der Waals surface area contributed by atoms with Crippen molar-refractivity contribution < 1.29 is 14.5 Å². The summed E-state index contributed by atoms with van der Waals surface area (Å²) in [6, 6.07) is 10.8. The number of ether oxygens (including phenoxy) is 1. The number of hydrogen-bond acceptors (Lipinski definition) is 4. The highest BCUT2D eigenvalue weighted by Crippen LogP contribution is 2.32. The first-order valence-corrected chi connectivity index (χ1v) is 7.33. The average molecular weight is 334 g/mol. The van der Waals surface area contributed by atoms with Gasteiger partial charge in [-0.1, -0.05) is 50.6 Å². The first kappa shape index (κ1) is 17.0. The number of carbonyl (C=O) groups excluding carboxylic acids is 1. The molecule has 0 N–H and O–H groups in total. The van der Waals surface area contributed by atoms with Gasteiger partial charge in [-0.15, -0.1) is 0 Å². The molecular weight excluding hydrogens is 318 g/mol. The molecule has 0 heterocycles. The number of benzene rings is 2. The molecule has 0 atom stereocenters. The lowest BCUT2D eigenvalue weighted by molar-refractivity contribution is -0.384. The third-order valence-electron chi connectivity index (χ3n) is 3.28. The lowest BCUT2D eigenvalue weighted by atomic mass is 9.86. The number of halogens is 1. The van der Waals surface area contributed by atoms with Crippen molar-refractivity contribution in [1.29, 1.82) is 0 Å². The number of para-hydroxylation sites is 1. The molecule has 2 rings (SSSR count). The second kappa shape index (κ2) is 6.38. The summed E-state index contributed by atoms with van der Waals surface area (Å²) in [5.41, 5.74) is 0.383. The first-order valence-electron chi connectivity index (χ1n) is 6.96. The van der Waals surface area contributed by atoms with Gasteiger partial charge < -0.3 is 4.74 Å². The molecule has 0 aliphatic rings. The maximum atomic E-state index is 12.4. The van der Waals surface area contributed by atoms with Gasteiger partial charge in [0, 0.05) is 17.7 Å². The first-order chi connectivity index (χ1) is 10.7. The van der Waals surface area contributed by atoms with Crippen LogP contribution in [0.25, 0.3) is 0 Å². The Morgan fingerprint density at radius 1 is 1.17 bits per heavy atom. The number of nitro groups is 1. The fourth-order valence-corrected chi connectivity index (χ4v) is 2.31. The van der Waals surface area contributed by atoms with E-state index < -0.39 is 10.9 Å². The Kier molecular flexibility index (Phi) is 4.71. The molecule has 23 heavy (non-hydrogen) atoms. The van der Waals surface area contributed by atoms with Gasteiger partial charge in [-0.2, -0.15) is 0 Å². The van der Waals surface area contributed by atoms with Gasteiger partial charge in [0.15, 0.2) is 0 Å². The third kappa shape index (κ3) is 3.87. The summed E-state index contributed by atoms with van der Waals surface area (Å²) >= 11 is 5.97. The van der Waals surface area contributed by atoms with Crippen molar-refractivity contribution in [1.82, 2.24) is 0 Å². The maximum absolute atomic E-state index is 12.4. The average Bonchev–Trinajstić information content (AvgIpc) is 2.46. The molecule has 2 aromatic carbocycles. The van der Waals surface area contributed by atoms with Gasteiger partial charge in [-0.05, 0) is 17.5 Å². The number of carbonyl (C=O) groups is 1. The summed E-state index contributed by atoms with van der Waals surface area (Å²) in [6.45, 7) is 6.00. The van der Waals surface area contributed by atoms with Crippen LogP contribution in [0.15, 0.2) is 42.5 Å². The minimum Gasteiger partial charge on any atom is -0.423 e. The Morgan fingerprint density at radius 2 is 1.83 bits per heavy atom. The molecule has 0 aliphatic carbocycles. The van der Waals surface area contributed by atoms with Crippen LogP contribution in [0.4, 0.5) is 5.69 Å². The molecular formula is C17H16ClNO4. The molecule has 2 aromatic rings. The van der Waals surface area contributed by atoms with Crippen molar-refractivity contribution in [3.05, 3.63) is 68.7 Å². The number of hydrogen-bond donors (Lipinski definition) is 0. The molecule has 0 spiro atoms. The highest BCUT2D eigenvalue weighted by Gasteiger charge is 2.22. The van der Waals surface area contributed by atoms with E-state index in [0.717, 1.165) is 11.6 Å². The van der Waals surface area contributed by atoms with Crippen LogP contribution in [0.5, 0.6) is 5.75 Å². The molecule has 0 amide bonds. The fraction of sp³-hybridized carbons (Fsp3) is 0.235. The summed E-state index contributed by atoms with van der Waals surface area (Å²) in [5.74, 6) is -0.317. The van der Waals surface area contributed by atoms with Gasteiger partial charge in [0.25, 0.3) is 5.69 Å². The molecule has 5 nitrogen and oxygen atoms in total. The highest BCUT2D eigenvalue weighted by atomic mass is 35.5. The largest absolute Gasteiger partial charge is 0.423 e. The van der Waals surface area contributed by atoms with E-state index in [0.29, 0.717) is 5.75 Å². The van der Waals surface area contributed by atoms with E-state index in [4.69, 9.17) is 16.3 Å². The van der Waals surface area contributed by atoms with Crippen molar-refractivity contribution in [2.75, 3.05) is 0 Å². The number of non-ortho nitro benzene ring substituents is 1. The lowest BCUT2D eigenvalue weighted by Crippen LogP contribution is -2.16. The summed E-state index contributed by atoms with van der Waals surface area (Å²) in [5, 5.41) is 10.9. The smallest absolute Gasteiger partial charge is 0.345 e. The molecule has 0 aliphatic heterocycles. The molecule has 0 bridgehead atoms. The van der Waals surface area contributed by atoms with Gasteiger partial charge in [0.2, 0.25) is 0 Å². The van der Waals surface area contributed by atoms with E-state index in [1.165, 1.54) is 12.1 Å². The second-order valence-corrected chi connectivity index (χ2v) is 6.46. The predicted octanol–water partition coefficient (Wildman–Crippen LogP) is 4.76. The van der Waals surface area contributed by atoms with E-state index >= 15 is 0 Å². The van der Waals surface area contributed by atoms with Crippen molar-refractivity contribution in [2.24, 2.45) is 0 Å². The van der Waals surface area contributed by atoms with Crippen LogP contribution in [-0.4, -0.2) is 10.9 Å². The molecule has 0 aromatic heterocycles. The molecule has 0 fully saturated rings. The van der Waals surface area contributed by atoms with Crippen molar-refractivity contribution >= 4 is 23.3 Å². The third-order valence-corrected chi connectivity index (χ3v) is 3.61. The minimum absolute atomic E-state index is 0.0374. The van der Waals surface area contributed by atoms with Crippen LogP contribution in [-0.2, 0) is 5.41 Å². The number of nitrogens with zero attached hydrogens (tertiary/aromatic N) is 1. The normalized spacial score (nSPS) is 11.1. The van der Waals surface area contributed by atoms with Crippen LogP contribution in [0.3, 0.4) is 0 Å². The molecule has 0 unspecified atom stereocenters. The monoisotopic (exact) mass is 333 g/mol. The van der Waals surface area contributed by atoms with Gasteiger partial charge in [0.05, 0.1) is 15.5 Å². The SMILES string of the molecule is CC(C)(C)c1ccccc1OC(=O)c1cc([N+](=O)[O-])ccc1Cl.